The number of alkyl halides is 3. The Kier molecular flexibility index (Phi) is 4.68. The van der Waals surface area contributed by atoms with E-state index in [4.69, 9.17) is 0 Å². The molecule has 4 nitrogen and oxygen atoms in total. The molecule has 0 amide bonds. The van der Waals surface area contributed by atoms with Gasteiger partial charge in [-0.2, -0.15) is 18.3 Å². The quantitative estimate of drug-likeness (QED) is 0.857. The van der Waals surface area contributed by atoms with Crippen molar-refractivity contribution in [3.8, 4) is 0 Å². The second kappa shape index (κ2) is 6.15. The molecule has 1 heterocycles. The summed E-state index contributed by atoms with van der Waals surface area (Å²) in [7, 11) is 0. The third-order valence-corrected chi connectivity index (χ3v) is 4.11. The maximum atomic E-state index is 12.6. The van der Waals surface area contributed by atoms with E-state index in [0.29, 0.717) is 18.7 Å². The highest BCUT2D eigenvalue weighted by molar-refractivity contribution is 5.82. The van der Waals surface area contributed by atoms with Crippen molar-refractivity contribution < 1.29 is 18.0 Å². The van der Waals surface area contributed by atoms with Crippen molar-refractivity contribution in [2.45, 2.75) is 58.2 Å². The fourth-order valence-electron chi connectivity index (χ4n) is 2.87. The van der Waals surface area contributed by atoms with Crippen LogP contribution >= 0.6 is 0 Å². The van der Waals surface area contributed by atoms with Crippen LogP contribution in [0.15, 0.2) is 6.33 Å². The van der Waals surface area contributed by atoms with Crippen LogP contribution in [0.1, 0.15) is 51.4 Å². The Hall–Kier alpha value is -1.40. The van der Waals surface area contributed by atoms with E-state index in [9.17, 15) is 18.0 Å². The number of rotatable bonds is 4. The minimum absolute atomic E-state index is 0.0227. The molecule has 1 aromatic rings. The zero-order valence-electron chi connectivity index (χ0n) is 12.2. The van der Waals surface area contributed by atoms with Crippen LogP contribution in [0, 0.1) is 11.8 Å². The Balaban J connectivity index is 1.92. The molecule has 0 unspecified atom stereocenters. The monoisotopic (exact) mass is 303 g/mol. The summed E-state index contributed by atoms with van der Waals surface area (Å²) in [5.41, 5.74) is 0. The van der Waals surface area contributed by atoms with E-state index in [0.717, 1.165) is 0 Å². The lowest BCUT2D eigenvalue weighted by molar-refractivity contribution is -0.184. The number of hydrogen-bond acceptors (Lipinski definition) is 3. The second-order valence-corrected chi connectivity index (χ2v) is 5.95. The minimum atomic E-state index is -4.13. The van der Waals surface area contributed by atoms with Crippen molar-refractivity contribution in [2.24, 2.45) is 11.8 Å². The summed E-state index contributed by atoms with van der Waals surface area (Å²) < 4.78 is 39.5. The van der Waals surface area contributed by atoms with E-state index in [1.54, 1.807) is 4.68 Å². The summed E-state index contributed by atoms with van der Waals surface area (Å²) in [6, 6.07) is 0.108. The summed E-state index contributed by atoms with van der Waals surface area (Å²) in [4.78, 5) is 16.3. The molecule has 0 spiro atoms. The summed E-state index contributed by atoms with van der Waals surface area (Å²) in [5, 5.41) is 4.06. The fourth-order valence-corrected chi connectivity index (χ4v) is 2.87. The van der Waals surface area contributed by atoms with Gasteiger partial charge in [-0.15, -0.1) is 0 Å². The van der Waals surface area contributed by atoms with Gasteiger partial charge in [-0.25, -0.2) is 9.67 Å². The normalized spacial score (nSPS) is 23.5. The van der Waals surface area contributed by atoms with Gasteiger partial charge in [0.15, 0.2) is 0 Å². The lowest BCUT2D eigenvalue weighted by Crippen LogP contribution is -2.31. The number of halogens is 3. The summed E-state index contributed by atoms with van der Waals surface area (Å²) in [6.45, 7) is 3.88. The second-order valence-electron chi connectivity index (χ2n) is 5.95. The van der Waals surface area contributed by atoms with Gasteiger partial charge >= 0.3 is 6.18 Å². The van der Waals surface area contributed by atoms with Crippen LogP contribution in [-0.2, 0) is 11.2 Å². The van der Waals surface area contributed by atoms with E-state index in [2.05, 4.69) is 10.1 Å². The van der Waals surface area contributed by atoms with Gasteiger partial charge in [-0.05, 0) is 39.5 Å². The van der Waals surface area contributed by atoms with E-state index in [-0.39, 0.29) is 37.0 Å². The Morgan fingerprint density at radius 1 is 1.33 bits per heavy atom. The van der Waals surface area contributed by atoms with Gasteiger partial charge in [0.05, 0.1) is 12.3 Å². The van der Waals surface area contributed by atoms with Crippen molar-refractivity contribution in [1.29, 1.82) is 0 Å². The summed E-state index contributed by atoms with van der Waals surface area (Å²) in [5.74, 6) is -0.958. The molecule has 2 rings (SSSR count). The molecule has 1 aromatic heterocycles. The van der Waals surface area contributed by atoms with E-state index in [1.165, 1.54) is 6.33 Å². The Morgan fingerprint density at radius 2 is 1.95 bits per heavy atom. The SMILES string of the molecule is CC(C)n1ncnc1CC(=O)C1CCC(C(F)(F)F)CC1. The first kappa shape index (κ1) is 16.0. The molecule has 0 atom stereocenters. The van der Waals surface area contributed by atoms with Crippen LogP contribution in [0.25, 0.3) is 0 Å². The van der Waals surface area contributed by atoms with Crippen LogP contribution in [0.5, 0.6) is 0 Å². The minimum Gasteiger partial charge on any atom is -0.299 e. The van der Waals surface area contributed by atoms with Crippen LogP contribution in [0.3, 0.4) is 0 Å². The number of hydrogen-bond donors (Lipinski definition) is 0. The summed E-state index contributed by atoms with van der Waals surface area (Å²) >= 11 is 0. The molecule has 1 fully saturated rings. The molecule has 1 saturated carbocycles. The Labute approximate surface area is 121 Å². The highest BCUT2D eigenvalue weighted by atomic mass is 19.4. The topological polar surface area (TPSA) is 47.8 Å². The Morgan fingerprint density at radius 3 is 2.48 bits per heavy atom. The van der Waals surface area contributed by atoms with Gasteiger partial charge in [0.2, 0.25) is 0 Å². The number of ketones is 1. The predicted molar refractivity (Wildman–Crippen MR) is 70.6 cm³/mol. The van der Waals surface area contributed by atoms with Gasteiger partial charge in [-0.3, -0.25) is 4.79 Å². The third kappa shape index (κ3) is 3.83. The largest absolute Gasteiger partial charge is 0.391 e. The maximum absolute atomic E-state index is 12.6. The molecule has 0 aromatic carbocycles. The fraction of sp³-hybridized carbons (Fsp3) is 0.786. The molecular weight excluding hydrogens is 283 g/mol. The van der Waals surface area contributed by atoms with Crippen LogP contribution in [-0.4, -0.2) is 26.7 Å². The van der Waals surface area contributed by atoms with Crippen LogP contribution in [0.2, 0.25) is 0 Å². The lowest BCUT2D eigenvalue weighted by atomic mass is 9.79. The highest BCUT2D eigenvalue weighted by Gasteiger charge is 2.42. The first-order valence-corrected chi connectivity index (χ1v) is 7.27. The Bertz CT molecular complexity index is 488. The molecule has 0 bridgehead atoms. The highest BCUT2D eigenvalue weighted by Crippen LogP contribution is 2.39. The molecule has 1 aliphatic rings. The van der Waals surface area contributed by atoms with Crippen molar-refractivity contribution in [2.75, 3.05) is 0 Å². The molecule has 21 heavy (non-hydrogen) atoms. The maximum Gasteiger partial charge on any atom is 0.391 e. The number of carbonyl (C=O) groups excluding carboxylic acids is 1. The molecule has 0 saturated heterocycles. The molecule has 0 N–H and O–H groups in total. The lowest BCUT2D eigenvalue weighted by Gasteiger charge is -2.29. The molecular formula is C14H20F3N3O. The van der Waals surface area contributed by atoms with Gasteiger partial charge < -0.3 is 0 Å². The zero-order valence-corrected chi connectivity index (χ0v) is 12.2. The predicted octanol–water partition coefficient (Wildman–Crippen LogP) is 3.34. The molecule has 1 aliphatic carbocycles. The van der Waals surface area contributed by atoms with Gasteiger partial charge in [0.1, 0.15) is 17.9 Å². The number of Topliss-reactive ketones (excluding diaryl/α,β-unsaturated/α-hetero) is 1. The van der Waals surface area contributed by atoms with Crippen LogP contribution in [0.4, 0.5) is 13.2 Å². The van der Waals surface area contributed by atoms with E-state index < -0.39 is 12.1 Å². The van der Waals surface area contributed by atoms with E-state index >= 15 is 0 Å². The van der Waals surface area contributed by atoms with Gasteiger partial charge in [0, 0.05) is 12.0 Å². The van der Waals surface area contributed by atoms with Crippen molar-refractivity contribution >= 4 is 5.78 Å². The first-order chi connectivity index (χ1) is 9.79. The average molecular weight is 303 g/mol. The third-order valence-electron chi connectivity index (χ3n) is 4.11. The molecule has 7 heteroatoms. The molecule has 118 valence electrons. The first-order valence-electron chi connectivity index (χ1n) is 7.27. The number of aromatic nitrogens is 3. The van der Waals surface area contributed by atoms with Gasteiger partial charge in [-0.1, -0.05) is 0 Å². The molecule has 0 aliphatic heterocycles. The number of carbonyl (C=O) groups is 1. The zero-order chi connectivity index (χ0) is 15.6. The van der Waals surface area contributed by atoms with E-state index in [1.807, 2.05) is 13.8 Å². The van der Waals surface area contributed by atoms with Crippen molar-refractivity contribution in [1.82, 2.24) is 14.8 Å². The average Bonchev–Trinajstić information content (AvgIpc) is 2.86. The van der Waals surface area contributed by atoms with Gasteiger partial charge in [0.25, 0.3) is 0 Å². The standard InChI is InChI=1S/C14H20F3N3O/c1-9(2)20-13(18-8-19-20)7-12(21)10-3-5-11(6-4-10)14(15,16)17/h8-11H,3-7H2,1-2H3. The van der Waals surface area contributed by atoms with Crippen molar-refractivity contribution in [3.05, 3.63) is 12.2 Å². The van der Waals surface area contributed by atoms with Crippen LogP contribution < -0.4 is 0 Å². The smallest absolute Gasteiger partial charge is 0.299 e. The number of nitrogens with zero attached hydrogens (tertiary/aromatic N) is 3. The molecule has 0 radical (unpaired) electrons. The van der Waals surface area contributed by atoms with Crippen molar-refractivity contribution in [3.63, 3.8) is 0 Å². The summed E-state index contributed by atoms with van der Waals surface area (Å²) in [6.07, 6.45) is -1.83.